The molecule has 0 heterocycles. The van der Waals surface area contributed by atoms with Crippen molar-refractivity contribution in [2.24, 2.45) is 0 Å². The highest BCUT2D eigenvalue weighted by molar-refractivity contribution is 7.89. The van der Waals surface area contributed by atoms with Gasteiger partial charge in [0.2, 0.25) is 10.0 Å². The summed E-state index contributed by atoms with van der Waals surface area (Å²) in [7, 11) is -2.47. The zero-order chi connectivity index (χ0) is 22.4. The largest absolute Gasteiger partial charge is 0.495 e. The van der Waals surface area contributed by atoms with Gasteiger partial charge < -0.3 is 9.47 Å². The second kappa shape index (κ2) is 10.1. The van der Waals surface area contributed by atoms with E-state index in [1.807, 2.05) is 12.1 Å². The van der Waals surface area contributed by atoms with E-state index >= 15 is 0 Å². The predicted molar refractivity (Wildman–Crippen MR) is 116 cm³/mol. The highest BCUT2D eigenvalue weighted by atomic mass is 32.2. The SMILES string of the molecule is CCCCc1ccc(C(=O)COC(=O)c2ccc(OC)c(S(=O)(=O)NC3CC3)c2)cc1. The second-order valence-electron chi connectivity index (χ2n) is 7.56. The molecule has 0 radical (unpaired) electrons. The fourth-order valence-corrected chi connectivity index (χ4v) is 4.53. The standard InChI is InChI=1S/C23H27NO6S/c1-3-4-5-16-6-8-17(9-7-16)20(25)15-30-23(26)18-10-13-21(29-2)22(14-18)31(27,28)24-19-11-12-19/h6-10,13-14,19,24H,3-5,11-12,15H2,1-2H3. The van der Waals surface area contributed by atoms with Gasteiger partial charge in [0.25, 0.3) is 0 Å². The van der Waals surface area contributed by atoms with Crippen LogP contribution in [0.15, 0.2) is 47.4 Å². The molecule has 0 spiro atoms. The fourth-order valence-electron chi connectivity index (χ4n) is 3.03. The van der Waals surface area contributed by atoms with Gasteiger partial charge in [0.05, 0.1) is 12.7 Å². The Morgan fingerprint density at radius 3 is 2.35 bits per heavy atom. The van der Waals surface area contributed by atoms with Crippen molar-refractivity contribution in [1.29, 1.82) is 0 Å². The van der Waals surface area contributed by atoms with E-state index in [1.165, 1.54) is 25.3 Å². The Balaban J connectivity index is 1.66. The lowest BCUT2D eigenvalue weighted by atomic mass is 10.0. The van der Waals surface area contributed by atoms with Crippen LogP contribution in [0.25, 0.3) is 0 Å². The van der Waals surface area contributed by atoms with Gasteiger partial charge in [-0.15, -0.1) is 0 Å². The summed E-state index contributed by atoms with van der Waals surface area (Å²) in [5.74, 6) is -0.977. The monoisotopic (exact) mass is 445 g/mol. The molecule has 166 valence electrons. The highest BCUT2D eigenvalue weighted by Crippen LogP contribution is 2.28. The van der Waals surface area contributed by atoms with Crippen LogP contribution < -0.4 is 9.46 Å². The van der Waals surface area contributed by atoms with Crippen molar-refractivity contribution in [2.75, 3.05) is 13.7 Å². The van der Waals surface area contributed by atoms with E-state index in [1.54, 1.807) is 12.1 Å². The average Bonchev–Trinajstić information content (AvgIpc) is 3.59. The van der Waals surface area contributed by atoms with Gasteiger partial charge in [0, 0.05) is 11.6 Å². The number of sulfonamides is 1. The predicted octanol–water partition coefficient (Wildman–Crippen LogP) is 3.52. The molecule has 0 atom stereocenters. The lowest BCUT2D eigenvalue weighted by Gasteiger charge is -2.12. The third-order valence-corrected chi connectivity index (χ3v) is 6.56. The van der Waals surface area contributed by atoms with Crippen LogP contribution in [0.3, 0.4) is 0 Å². The summed E-state index contributed by atoms with van der Waals surface area (Å²) in [6.45, 7) is 1.69. The van der Waals surface area contributed by atoms with E-state index in [2.05, 4.69) is 11.6 Å². The van der Waals surface area contributed by atoms with Gasteiger partial charge >= 0.3 is 5.97 Å². The molecule has 1 fully saturated rings. The van der Waals surface area contributed by atoms with E-state index in [0.29, 0.717) is 5.56 Å². The first kappa shape index (κ1) is 23.0. The first-order chi connectivity index (χ1) is 14.8. The van der Waals surface area contributed by atoms with E-state index in [0.717, 1.165) is 37.7 Å². The molecule has 2 aromatic carbocycles. The molecule has 0 amide bonds. The lowest BCUT2D eigenvalue weighted by Crippen LogP contribution is -2.26. The molecular weight excluding hydrogens is 418 g/mol. The molecule has 0 saturated heterocycles. The first-order valence-electron chi connectivity index (χ1n) is 10.3. The van der Waals surface area contributed by atoms with Crippen LogP contribution in [0, 0.1) is 0 Å². The summed E-state index contributed by atoms with van der Waals surface area (Å²) in [5.41, 5.74) is 1.64. The average molecular weight is 446 g/mol. The van der Waals surface area contributed by atoms with Crippen LogP contribution in [0.4, 0.5) is 0 Å². The van der Waals surface area contributed by atoms with Crippen LogP contribution in [-0.4, -0.2) is 39.9 Å². The van der Waals surface area contributed by atoms with E-state index in [-0.39, 0.29) is 28.0 Å². The van der Waals surface area contributed by atoms with Crippen LogP contribution in [0.1, 0.15) is 58.9 Å². The molecular formula is C23H27NO6S. The van der Waals surface area contributed by atoms with E-state index in [4.69, 9.17) is 9.47 Å². The molecule has 1 saturated carbocycles. The van der Waals surface area contributed by atoms with E-state index < -0.39 is 22.6 Å². The zero-order valence-electron chi connectivity index (χ0n) is 17.7. The molecule has 8 heteroatoms. The minimum Gasteiger partial charge on any atom is -0.495 e. The van der Waals surface area contributed by atoms with Crippen molar-refractivity contribution in [3.8, 4) is 5.75 Å². The summed E-state index contributed by atoms with van der Waals surface area (Å²) in [5, 5.41) is 0. The van der Waals surface area contributed by atoms with Crippen molar-refractivity contribution < 1.29 is 27.5 Å². The number of methoxy groups -OCH3 is 1. The Kier molecular flexibility index (Phi) is 7.46. The van der Waals surface area contributed by atoms with E-state index in [9.17, 15) is 18.0 Å². The minimum atomic E-state index is -3.83. The molecule has 0 aliphatic heterocycles. The number of hydrogen-bond acceptors (Lipinski definition) is 6. The molecule has 1 N–H and O–H groups in total. The first-order valence-corrected chi connectivity index (χ1v) is 11.8. The number of rotatable bonds is 11. The number of Topliss-reactive ketones (excluding diaryl/α,β-unsaturated/α-hetero) is 1. The number of aryl methyl sites for hydroxylation is 1. The summed E-state index contributed by atoms with van der Waals surface area (Å²) in [4.78, 5) is 24.7. The third kappa shape index (κ3) is 6.15. The fraction of sp³-hybridized carbons (Fsp3) is 0.391. The van der Waals surface area contributed by atoms with Crippen LogP contribution in [0.2, 0.25) is 0 Å². The number of ether oxygens (including phenoxy) is 2. The van der Waals surface area contributed by atoms with Crippen LogP contribution in [0.5, 0.6) is 5.75 Å². The molecule has 1 aliphatic rings. The Morgan fingerprint density at radius 2 is 1.74 bits per heavy atom. The smallest absolute Gasteiger partial charge is 0.338 e. The second-order valence-corrected chi connectivity index (χ2v) is 9.24. The summed E-state index contributed by atoms with van der Waals surface area (Å²) in [6, 6.07) is 11.2. The van der Waals surface area contributed by atoms with Gasteiger partial charge in [-0.2, -0.15) is 0 Å². The number of carbonyl (C=O) groups excluding carboxylic acids is 2. The Morgan fingerprint density at radius 1 is 1.06 bits per heavy atom. The normalized spacial score (nSPS) is 13.6. The number of esters is 1. The summed E-state index contributed by atoms with van der Waals surface area (Å²) < 4.78 is 38.0. The third-order valence-electron chi connectivity index (χ3n) is 5.02. The van der Waals surface area contributed by atoms with Crippen molar-refractivity contribution >= 4 is 21.8 Å². The number of unbranched alkanes of at least 4 members (excludes halogenated alkanes) is 1. The van der Waals surface area contributed by atoms with Crippen molar-refractivity contribution in [1.82, 2.24) is 4.72 Å². The van der Waals surface area contributed by atoms with Crippen LogP contribution >= 0.6 is 0 Å². The minimum absolute atomic E-state index is 0.0275. The van der Waals surface area contributed by atoms with Gasteiger partial charge in [0.15, 0.2) is 12.4 Å². The summed E-state index contributed by atoms with van der Waals surface area (Å²) >= 11 is 0. The maximum atomic E-state index is 12.6. The van der Waals surface area contributed by atoms with Gasteiger partial charge in [0.1, 0.15) is 10.6 Å². The number of carbonyl (C=O) groups is 2. The molecule has 0 aromatic heterocycles. The molecule has 2 aromatic rings. The van der Waals surface area contributed by atoms with Crippen molar-refractivity contribution in [3.05, 3.63) is 59.2 Å². The molecule has 3 rings (SSSR count). The summed E-state index contributed by atoms with van der Waals surface area (Å²) in [6.07, 6.45) is 4.70. The lowest BCUT2D eigenvalue weighted by molar-refractivity contribution is 0.0474. The number of benzene rings is 2. The number of nitrogens with one attached hydrogen (secondary N) is 1. The molecule has 1 aliphatic carbocycles. The van der Waals surface area contributed by atoms with Crippen LogP contribution in [-0.2, 0) is 21.2 Å². The zero-order valence-corrected chi connectivity index (χ0v) is 18.5. The Labute approximate surface area is 182 Å². The topological polar surface area (TPSA) is 98.8 Å². The van der Waals surface area contributed by atoms with Gasteiger partial charge in [-0.3, -0.25) is 4.79 Å². The Hall–Kier alpha value is -2.71. The highest BCUT2D eigenvalue weighted by Gasteiger charge is 2.30. The van der Waals surface area contributed by atoms with Crippen molar-refractivity contribution in [3.63, 3.8) is 0 Å². The molecule has 0 unspecified atom stereocenters. The van der Waals surface area contributed by atoms with Crippen molar-refractivity contribution in [2.45, 2.75) is 50.0 Å². The molecule has 0 bridgehead atoms. The Bertz CT molecular complexity index is 1040. The maximum absolute atomic E-state index is 12.6. The maximum Gasteiger partial charge on any atom is 0.338 e. The number of ketones is 1. The van der Waals surface area contributed by atoms with Gasteiger partial charge in [-0.25, -0.2) is 17.9 Å². The van der Waals surface area contributed by atoms with Gasteiger partial charge in [-0.05, 0) is 49.4 Å². The quantitative estimate of drug-likeness (QED) is 0.420. The molecule has 7 nitrogen and oxygen atoms in total. The number of hydrogen-bond donors (Lipinski definition) is 1. The molecule has 31 heavy (non-hydrogen) atoms. The van der Waals surface area contributed by atoms with Gasteiger partial charge in [-0.1, -0.05) is 37.6 Å².